The highest BCUT2D eigenvalue weighted by molar-refractivity contribution is 5.71. The minimum absolute atomic E-state index is 0.312. The molecule has 4 rings (SSSR count). The minimum Gasteiger partial charge on any atom is -0.383 e. The fourth-order valence-electron chi connectivity index (χ4n) is 4.16. The molecule has 2 saturated carbocycles. The molecule has 5 nitrogen and oxygen atoms in total. The van der Waals surface area contributed by atoms with Crippen LogP contribution in [0, 0.1) is 17.6 Å². The molecule has 0 atom stereocenters. The molecule has 2 aliphatic carbocycles. The molecule has 2 aliphatic rings. The molecule has 2 fully saturated rings. The average molecular weight is 431 g/mol. The van der Waals surface area contributed by atoms with Gasteiger partial charge in [-0.2, -0.15) is 0 Å². The molecule has 0 aliphatic heterocycles. The SMILES string of the molecule is COCCNC1CCC(Nc2cc(-c3ccc(F)c(NCC4CC4)c3)c(F)cn2)CC1. The molecular formula is C24H32F2N4O. The lowest BCUT2D eigenvalue weighted by molar-refractivity contribution is 0.191. The first-order valence-corrected chi connectivity index (χ1v) is 11.3. The number of hydrogen-bond donors (Lipinski definition) is 3. The van der Waals surface area contributed by atoms with Crippen molar-refractivity contribution in [1.29, 1.82) is 0 Å². The van der Waals surface area contributed by atoms with E-state index < -0.39 is 5.82 Å². The van der Waals surface area contributed by atoms with Crippen molar-refractivity contribution < 1.29 is 13.5 Å². The lowest BCUT2D eigenvalue weighted by atomic mass is 9.91. The van der Waals surface area contributed by atoms with Crippen LogP contribution in [0.3, 0.4) is 0 Å². The Labute approximate surface area is 183 Å². The van der Waals surface area contributed by atoms with Gasteiger partial charge in [0, 0.05) is 37.8 Å². The van der Waals surface area contributed by atoms with E-state index in [2.05, 4.69) is 20.9 Å². The fraction of sp³-hybridized carbons (Fsp3) is 0.542. The first kappa shape index (κ1) is 22.0. The van der Waals surface area contributed by atoms with Crippen LogP contribution in [0.15, 0.2) is 30.5 Å². The highest BCUT2D eigenvalue weighted by Crippen LogP contribution is 2.32. The number of nitrogens with zero attached hydrogens (tertiary/aromatic N) is 1. The maximum Gasteiger partial charge on any atom is 0.149 e. The van der Waals surface area contributed by atoms with E-state index in [0.29, 0.717) is 40.6 Å². The van der Waals surface area contributed by atoms with Crippen LogP contribution in [-0.2, 0) is 4.74 Å². The topological polar surface area (TPSA) is 58.2 Å². The van der Waals surface area contributed by atoms with Crippen LogP contribution in [0.25, 0.3) is 11.1 Å². The Morgan fingerprint density at radius 1 is 1.00 bits per heavy atom. The van der Waals surface area contributed by atoms with Gasteiger partial charge in [-0.15, -0.1) is 0 Å². The largest absolute Gasteiger partial charge is 0.383 e. The summed E-state index contributed by atoms with van der Waals surface area (Å²) < 4.78 is 33.8. The molecule has 0 saturated heterocycles. The van der Waals surface area contributed by atoms with E-state index in [1.807, 2.05) is 0 Å². The van der Waals surface area contributed by atoms with Gasteiger partial charge < -0.3 is 20.7 Å². The number of halogens is 2. The van der Waals surface area contributed by atoms with E-state index in [1.54, 1.807) is 25.3 Å². The standard InChI is InChI=1S/C24H32F2N4O/c1-31-11-10-27-18-5-7-19(8-6-18)30-24-13-20(22(26)15-29-24)17-4-9-21(25)23(12-17)28-14-16-2-3-16/h4,9,12-13,15-16,18-19,27-28H,2-3,5-8,10-11,14H2,1H3,(H,29,30). The summed E-state index contributed by atoms with van der Waals surface area (Å²) in [6.07, 6.45) is 7.86. The van der Waals surface area contributed by atoms with Gasteiger partial charge >= 0.3 is 0 Å². The van der Waals surface area contributed by atoms with Crippen LogP contribution in [-0.4, -0.2) is 43.9 Å². The summed E-state index contributed by atoms with van der Waals surface area (Å²) in [5.74, 6) is 0.565. The first-order chi connectivity index (χ1) is 15.1. The molecule has 3 N–H and O–H groups in total. The lowest BCUT2D eigenvalue weighted by Gasteiger charge is -2.30. The van der Waals surface area contributed by atoms with Crippen molar-refractivity contribution in [3.05, 3.63) is 42.1 Å². The fourth-order valence-corrected chi connectivity index (χ4v) is 4.16. The van der Waals surface area contributed by atoms with Crippen molar-refractivity contribution in [1.82, 2.24) is 10.3 Å². The van der Waals surface area contributed by atoms with Gasteiger partial charge in [-0.1, -0.05) is 6.07 Å². The van der Waals surface area contributed by atoms with Crippen LogP contribution < -0.4 is 16.0 Å². The zero-order chi connectivity index (χ0) is 21.6. The number of nitrogens with one attached hydrogen (secondary N) is 3. The summed E-state index contributed by atoms with van der Waals surface area (Å²) in [5, 5.41) is 10.1. The van der Waals surface area contributed by atoms with Crippen LogP contribution in [0.2, 0.25) is 0 Å². The Bertz CT molecular complexity index is 867. The molecule has 31 heavy (non-hydrogen) atoms. The second-order valence-electron chi connectivity index (χ2n) is 8.71. The minimum atomic E-state index is -0.406. The number of pyridine rings is 1. The first-order valence-electron chi connectivity index (χ1n) is 11.3. The number of ether oxygens (including phenoxy) is 1. The maximum absolute atomic E-state index is 14.6. The third kappa shape index (κ3) is 6.14. The zero-order valence-corrected chi connectivity index (χ0v) is 18.1. The molecule has 168 valence electrons. The van der Waals surface area contributed by atoms with Crippen molar-refractivity contribution in [2.75, 3.05) is 37.4 Å². The molecule has 0 bridgehead atoms. The molecular weight excluding hydrogens is 398 g/mol. The van der Waals surface area contributed by atoms with Gasteiger partial charge in [0.15, 0.2) is 0 Å². The lowest BCUT2D eigenvalue weighted by Crippen LogP contribution is -2.38. The van der Waals surface area contributed by atoms with Crippen LogP contribution in [0.1, 0.15) is 38.5 Å². The van der Waals surface area contributed by atoms with Crippen molar-refractivity contribution in [2.45, 2.75) is 50.6 Å². The summed E-state index contributed by atoms with van der Waals surface area (Å²) in [5.41, 5.74) is 1.50. The third-order valence-electron chi connectivity index (χ3n) is 6.23. The molecule has 0 radical (unpaired) electrons. The third-order valence-corrected chi connectivity index (χ3v) is 6.23. The molecule has 7 heteroatoms. The van der Waals surface area contributed by atoms with Gasteiger partial charge in [0.1, 0.15) is 17.5 Å². The molecule has 1 heterocycles. The Morgan fingerprint density at radius 2 is 1.77 bits per heavy atom. The van der Waals surface area contributed by atoms with E-state index in [9.17, 15) is 8.78 Å². The normalized spacial score (nSPS) is 21.1. The number of methoxy groups -OCH3 is 1. The van der Waals surface area contributed by atoms with Gasteiger partial charge in [-0.3, -0.25) is 0 Å². The van der Waals surface area contributed by atoms with Crippen molar-refractivity contribution >= 4 is 11.5 Å². The number of aromatic nitrogens is 1. The Kier molecular flexibility index (Phi) is 7.35. The summed E-state index contributed by atoms with van der Waals surface area (Å²) in [4.78, 5) is 4.24. The predicted octanol–water partition coefficient (Wildman–Crippen LogP) is 4.81. The van der Waals surface area contributed by atoms with Gasteiger partial charge in [-0.05, 0) is 68.2 Å². The quantitative estimate of drug-likeness (QED) is 0.473. The van der Waals surface area contributed by atoms with E-state index in [0.717, 1.165) is 45.4 Å². The van der Waals surface area contributed by atoms with E-state index in [1.165, 1.54) is 25.1 Å². The molecule has 1 aromatic heterocycles. The highest BCUT2D eigenvalue weighted by atomic mass is 19.1. The summed E-state index contributed by atoms with van der Waals surface area (Å²) in [6, 6.07) is 7.28. The van der Waals surface area contributed by atoms with E-state index in [4.69, 9.17) is 4.74 Å². The van der Waals surface area contributed by atoms with Crippen LogP contribution in [0.5, 0.6) is 0 Å². The summed E-state index contributed by atoms with van der Waals surface area (Å²) in [7, 11) is 1.71. The molecule has 0 spiro atoms. The predicted molar refractivity (Wildman–Crippen MR) is 120 cm³/mol. The van der Waals surface area contributed by atoms with E-state index >= 15 is 0 Å². The molecule has 1 aromatic carbocycles. The van der Waals surface area contributed by atoms with Crippen LogP contribution in [0.4, 0.5) is 20.3 Å². The number of anilines is 2. The van der Waals surface area contributed by atoms with Crippen molar-refractivity contribution in [3.8, 4) is 11.1 Å². The molecule has 0 amide bonds. The van der Waals surface area contributed by atoms with Gasteiger partial charge in [-0.25, -0.2) is 13.8 Å². The monoisotopic (exact) mass is 430 g/mol. The Balaban J connectivity index is 1.39. The number of hydrogen-bond acceptors (Lipinski definition) is 5. The Morgan fingerprint density at radius 3 is 2.52 bits per heavy atom. The Hall–Kier alpha value is -2.25. The van der Waals surface area contributed by atoms with Crippen molar-refractivity contribution in [3.63, 3.8) is 0 Å². The number of benzene rings is 1. The van der Waals surface area contributed by atoms with Crippen molar-refractivity contribution in [2.24, 2.45) is 5.92 Å². The number of rotatable bonds is 10. The smallest absolute Gasteiger partial charge is 0.149 e. The second kappa shape index (κ2) is 10.4. The van der Waals surface area contributed by atoms with Gasteiger partial charge in [0.05, 0.1) is 18.5 Å². The van der Waals surface area contributed by atoms with Gasteiger partial charge in [0.2, 0.25) is 0 Å². The van der Waals surface area contributed by atoms with E-state index in [-0.39, 0.29) is 5.82 Å². The summed E-state index contributed by atoms with van der Waals surface area (Å²) in [6.45, 7) is 2.36. The van der Waals surface area contributed by atoms with Crippen LogP contribution >= 0.6 is 0 Å². The summed E-state index contributed by atoms with van der Waals surface area (Å²) >= 11 is 0. The zero-order valence-electron chi connectivity index (χ0n) is 18.1. The second-order valence-corrected chi connectivity index (χ2v) is 8.71. The molecule has 2 aromatic rings. The van der Waals surface area contributed by atoms with Gasteiger partial charge in [0.25, 0.3) is 0 Å². The maximum atomic E-state index is 14.6. The molecule has 0 unspecified atom stereocenters. The average Bonchev–Trinajstić information content (AvgIpc) is 3.61. The highest BCUT2D eigenvalue weighted by Gasteiger charge is 2.22.